The van der Waals surface area contributed by atoms with Gasteiger partial charge in [0.2, 0.25) is 0 Å². The van der Waals surface area contributed by atoms with Crippen LogP contribution in [-0.4, -0.2) is 11.2 Å². The van der Waals surface area contributed by atoms with Crippen LogP contribution in [0.25, 0.3) is 0 Å². The minimum atomic E-state index is 0.0139. The van der Waals surface area contributed by atoms with Crippen molar-refractivity contribution in [2.75, 3.05) is 0 Å². The van der Waals surface area contributed by atoms with E-state index in [9.17, 15) is 5.11 Å². The molecule has 0 aromatic rings. The molecule has 1 nitrogen and oxygen atoms in total. The molecule has 0 heterocycles. The second kappa shape index (κ2) is 1.76. The molecule has 1 heteroatoms. The van der Waals surface area contributed by atoms with E-state index in [0.29, 0.717) is 11.3 Å². The molecule has 1 N–H and O–H groups in total. The predicted molar refractivity (Wildman–Crippen MR) is 40.6 cm³/mol. The SMILES string of the molecule is CC1(C)[C@H]2CC[C@@H](O)[C@@H]1C2. The van der Waals surface area contributed by atoms with Crippen LogP contribution >= 0.6 is 0 Å². The van der Waals surface area contributed by atoms with Crippen molar-refractivity contribution in [3.63, 3.8) is 0 Å². The van der Waals surface area contributed by atoms with Gasteiger partial charge in [0.05, 0.1) is 6.10 Å². The fourth-order valence-corrected chi connectivity index (χ4v) is 2.77. The van der Waals surface area contributed by atoms with E-state index < -0.39 is 0 Å². The number of aliphatic hydroxyl groups excluding tert-OH is 1. The van der Waals surface area contributed by atoms with Crippen LogP contribution in [0.1, 0.15) is 33.1 Å². The van der Waals surface area contributed by atoms with Gasteiger partial charge in [-0.05, 0) is 36.5 Å². The minimum absolute atomic E-state index is 0.0139. The lowest BCUT2D eigenvalue weighted by Gasteiger charge is -2.58. The van der Waals surface area contributed by atoms with Crippen molar-refractivity contribution in [2.24, 2.45) is 17.3 Å². The molecule has 0 radical (unpaired) electrons. The van der Waals surface area contributed by atoms with Gasteiger partial charge in [0.15, 0.2) is 0 Å². The molecule has 0 aromatic heterocycles. The van der Waals surface area contributed by atoms with Gasteiger partial charge in [-0.25, -0.2) is 0 Å². The monoisotopic (exact) mass is 140 g/mol. The van der Waals surface area contributed by atoms with E-state index in [1.165, 1.54) is 12.8 Å². The highest BCUT2D eigenvalue weighted by Gasteiger charge is 2.53. The van der Waals surface area contributed by atoms with Crippen molar-refractivity contribution in [2.45, 2.75) is 39.2 Å². The maximum atomic E-state index is 9.55. The molecule has 0 saturated heterocycles. The third-order valence-corrected chi connectivity index (χ3v) is 3.82. The number of hydrogen-bond donors (Lipinski definition) is 1. The van der Waals surface area contributed by atoms with E-state index in [1.54, 1.807) is 0 Å². The Morgan fingerprint density at radius 2 is 2.00 bits per heavy atom. The second-order valence-electron chi connectivity index (χ2n) is 4.51. The molecule has 0 aliphatic heterocycles. The predicted octanol–water partition coefficient (Wildman–Crippen LogP) is 1.80. The van der Waals surface area contributed by atoms with Crippen molar-refractivity contribution >= 4 is 0 Å². The lowest BCUT2D eigenvalue weighted by Crippen LogP contribution is -2.54. The van der Waals surface area contributed by atoms with Crippen molar-refractivity contribution in [1.29, 1.82) is 0 Å². The maximum absolute atomic E-state index is 9.55. The molecular weight excluding hydrogens is 124 g/mol. The zero-order valence-corrected chi connectivity index (χ0v) is 6.80. The maximum Gasteiger partial charge on any atom is 0.0573 e. The molecule has 3 fully saturated rings. The highest BCUT2D eigenvalue weighted by Crippen LogP contribution is 2.58. The molecule has 10 heavy (non-hydrogen) atoms. The fraction of sp³-hybridized carbons (Fsp3) is 1.00. The summed E-state index contributed by atoms with van der Waals surface area (Å²) < 4.78 is 0. The molecule has 3 atom stereocenters. The molecule has 2 bridgehead atoms. The highest BCUT2D eigenvalue weighted by molar-refractivity contribution is 5.03. The smallest absolute Gasteiger partial charge is 0.0573 e. The fourth-order valence-electron chi connectivity index (χ4n) is 2.77. The first-order chi connectivity index (χ1) is 4.62. The third-order valence-electron chi connectivity index (χ3n) is 3.82. The Morgan fingerprint density at radius 3 is 2.30 bits per heavy atom. The quantitative estimate of drug-likeness (QED) is 0.544. The molecule has 3 saturated carbocycles. The first-order valence-electron chi connectivity index (χ1n) is 4.30. The number of hydrogen-bond acceptors (Lipinski definition) is 1. The van der Waals surface area contributed by atoms with Crippen LogP contribution in [0.15, 0.2) is 0 Å². The van der Waals surface area contributed by atoms with Gasteiger partial charge in [-0.3, -0.25) is 0 Å². The van der Waals surface area contributed by atoms with Gasteiger partial charge in [-0.15, -0.1) is 0 Å². The van der Waals surface area contributed by atoms with E-state index >= 15 is 0 Å². The van der Waals surface area contributed by atoms with Crippen LogP contribution in [0.4, 0.5) is 0 Å². The Bertz CT molecular complexity index is 149. The van der Waals surface area contributed by atoms with E-state index in [1.807, 2.05) is 0 Å². The zero-order valence-electron chi connectivity index (χ0n) is 6.80. The third kappa shape index (κ3) is 0.619. The van der Waals surface area contributed by atoms with Crippen LogP contribution in [0.2, 0.25) is 0 Å². The molecule has 3 rings (SSSR count). The first-order valence-corrected chi connectivity index (χ1v) is 4.30. The van der Waals surface area contributed by atoms with Gasteiger partial charge in [0.25, 0.3) is 0 Å². The zero-order chi connectivity index (χ0) is 7.35. The standard InChI is InChI=1S/C9H16O/c1-9(2)6-3-4-8(10)7(9)5-6/h6-8,10H,3-5H2,1-2H3/t6-,7-,8+/m0/s1. The second-order valence-corrected chi connectivity index (χ2v) is 4.51. The van der Waals surface area contributed by atoms with Gasteiger partial charge in [-0.2, -0.15) is 0 Å². The summed E-state index contributed by atoms with van der Waals surface area (Å²) in [4.78, 5) is 0. The molecule has 0 aromatic carbocycles. The number of rotatable bonds is 0. The molecule has 3 aliphatic rings. The number of fused-ring (bicyclic) bond motifs is 2. The molecule has 0 unspecified atom stereocenters. The summed E-state index contributed by atoms with van der Waals surface area (Å²) in [6, 6.07) is 0. The Hall–Kier alpha value is -0.0400. The summed E-state index contributed by atoms with van der Waals surface area (Å²) in [7, 11) is 0. The Labute approximate surface area is 62.4 Å². The van der Waals surface area contributed by atoms with E-state index in [2.05, 4.69) is 13.8 Å². The van der Waals surface area contributed by atoms with Crippen molar-refractivity contribution in [3.05, 3.63) is 0 Å². The lowest BCUT2D eigenvalue weighted by molar-refractivity contribution is -0.139. The first kappa shape index (κ1) is 6.66. The van der Waals surface area contributed by atoms with E-state index in [-0.39, 0.29) is 6.10 Å². The number of aliphatic hydroxyl groups is 1. The molecule has 0 amide bonds. The van der Waals surface area contributed by atoms with Gasteiger partial charge in [0.1, 0.15) is 0 Å². The largest absolute Gasteiger partial charge is 0.393 e. The van der Waals surface area contributed by atoms with Crippen LogP contribution in [0.3, 0.4) is 0 Å². The highest BCUT2D eigenvalue weighted by atomic mass is 16.3. The Morgan fingerprint density at radius 1 is 1.30 bits per heavy atom. The minimum Gasteiger partial charge on any atom is -0.393 e. The van der Waals surface area contributed by atoms with E-state index in [0.717, 1.165) is 12.3 Å². The molecule has 3 aliphatic carbocycles. The van der Waals surface area contributed by atoms with Crippen molar-refractivity contribution in [3.8, 4) is 0 Å². The molecular formula is C9H16O. The van der Waals surface area contributed by atoms with Gasteiger partial charge in [-0.1, -0.05) is 13.8 Å². The summed E-state index contributed by atoms with van der Waals surface area (Å²) in [5.41, 5.74) is 0.456. The van der Waals surface area contributed by atoms with Crippen LogP contribution in [0, 0.1) is 17.3 Å². The van der Waals surface area contributed by atoms with E-state index in [4.69, 9.17) is 0 Å². The Kier molecular flexibility index (Phi) is 1.17. The van der Waals surface area contributed by atoms with Crippen LogP contribution < -0.4 is 0 Å². The van der Waals surface area contributed by atoms with Crippen LogP contribution in [0.5, 0.6) is 0 Å². The molecule has 58 valence electrons. The Balaban J connectivity index is 2.16. The van der Waals surface area contributed by atoms with Gasteiger partial charge in [0, 0.05) is 0 Å². The summed E-state index contributed by atoms with van der Waals surface area (Å²) in [6.45, 7) is 4.60. The van der Waals surface area contributed by atoms with Gasteiger partial charge < -0.3 is 5.11 Å². The average Bonchev–Trinajstić information content (AvgIpc) is 1.87. The molecule has 0 spiro atoms. The summed E-state index contributed by atoms with van der Waals surface area (Å²) in [6.07, 6.45) is 3.61. The van der Waals surface area contributed by atoms with Gasteiger partial charge >= 0.3 is 0 Å². The topological polar surface area (TPSA) is 20.2 Å². The normalized spacial score (nSPS) is 50.1. The lowest BCUT2D eigenvalue weighted by atomic mass is 9.48. The summed E-state index contributed by atoms with van der Waals surface area (Å²) >= 11 is 0. The van der Waals surface area contributed by atoms with Crippen molar-refractivity contribution in [1.82, 2.24) is 0 Å². The average molecular weight is 140 g/mol. The van der Waals surface area contributed by atoms with Crippen LogP contribution in [-0.2, 0) is 0 Å². The summed E-state index contributed by atoms with van der Waals surface area (Å²) in [5.74, 6) is 1.53. The summed E-state index contributed by atoms with van der Waals surface area (Å²) in [5, 5.41) is 9.55. The van der Waals surface area contributed by atoms with Crippen molar-refractivity contribution < 1.29 is 5.11 Å².